The molecule has 0 fully saturated rings. The summed E-state index contributed by atoms with van der Waals surface area (Å²) in [7, 11) is 1.87. The van der Waals surface area contributed by atoms with Gasteiger partial charge in [-0.25, -0.2) is 9.97 Å². The molecule has 1 aromatic rings. The molecule has 108 valence electrons. The van der Waals surface area contributed by atoms with E-state index < -0.39 is 0 Å². The molecule has 3 N–H and O–H groups in total. The van der Waals surface area contributed by atoms with Gasteiger partial charge in [-0.3, -0.25) is 0 Å². The topological polar surface area (TPSA) is 70.1 Å². The Morgan fingerprint density at radius 3 is 2.47 bits per heavy atom. The minimum absolute atomic E-state index is 0.239. The van der Waals surface area contributed by atoms with Crippen LogP contribution in [0.25, 0.3) is 0 Å². The van der Waals surface area contributed by atoms with E-state index in [9.17, 15) is 0 Å². The lowest BCUT2D eigenvalue weighted by atomic mass is 10.0. The Kier molecular flexibility index (Phi) is 6.56. The molecule has 1 rings (SSSR count). The number of aromatic nitrogens is 2. The maximum Gasteiger partial charge on any atom is 0.134 e. The van der Waals surface area contributed by atoms with Crippen molar-refractivity contribution in [3.8, 4) is 0 Å². The number of rotatable bonds is 8. The molecule has 0 amide bonds. The molecule has 5 nitrogen and oxygen atoms in total. The Morgan fingerprint density at radius 1 is 1.26 bits per heavy atom. The van der Waals surface area contributed by atoms with Crippen molar-refractivity contribution in [2.24, 2.45) is 5.92 Å². The van der Waals surface area contributed by atoms with Crippen LogP contribution in [-0.4, -0.2) is 35.3 Å². The van der Waals surface area contributed by atoms with Crippen molar-refractivity contribution in [3.05, 3.63) is 11.9 Å². The zero-order valence-corrected chi connectivity index (χ0v) is 12.4. The predicted molar refractivity (Wildman–Crippen MR) is 79.6 cm³/mol. The van der Waals surface area contributed by atoms with Crippen molar-refractivity contribution in [1.82, 2.24) is 9.97 Å². The second-order valence-electron chi connectivity index (χ2n) is 5.06. The number of nitrogens with zero attached hydrogens (tertiary/aromatic N) is 2. The van der Waals surface area contributed by atoms with Gasteiger partial charge in [-0.05, 0) is 18.3 Å². The standard InChI is InChI=1S/C14H26N4O/c1-5-11(6-7-19)8-16-14-12(10(2)3)13(15-4)17-9-18-14/h9-11,19H,5-8H2,1-4H3,(H2,15,16,17,18). The van der Waals surface area contributed by atoms with Gasteiger partial charge in [0.25, 0.3) is 0 Å². The highest BCUT2D eigenvalue weighted by atomic mass is 16.3. The molecule has 0 aliphatic carbocycles. The van der Waals surface area contributed by atoms with Crippen LogP contribution in [0.2, 0.25) is 0 Å². The van der Waals surface area contributed by atoms with Gasteiger partial charge < -0.3 is 15.7 Å². The van der Waals surface area contributed by atoms with Crippen molar-refractivity contribution in [1.29, 1.82) is 0 Å². The molecule has 1 unspecified atom stereocenters. The Bertz CT molecular complexity index is 382. The van der Waals surface area contributed by atoms with Crippen LogP contribution in [-0.2, 0) is 0 Å². The first-order chi connectivity index (χ1) is 9.13. The largest absolute Gasteiger partial charge is 0.396 e. The van der Waals surface area contributed by atoms with Gasteiger partial charge in [0.05, 0.1) is 0 Å². The Hall–Kier alpha value is -1.36. The van der Waals surface area contributed by atoms with Gasteiger partial charge in [-0.1, -0.05) is 27.2 Å². The first kappa shape index (κ1) is 15.7. The van der Waals surface area contributed by atoms with Crippen LogP contribution in [0.3, 0.4) is 0 Å². The van der Waals surface area contributed by atoms with E-state index in [0.717, 1.165) is 36.6 Å². The van der Waals surface area contributed by atoms with Crippen molar-refractivity contribution in [2.45, 2.75) is 39.5 Å². The van der Waals surface area contributed by atoms with E-state index in [-0.39, 0.29) is 6.61 Å². The van der Waals surface area contributed by atoms with E-state index in [0.29, 0.717) is 11.8 Å². The van der Waals surface area contributed by atoms with E-state index in [1.165, 1.54) is 0 Å². The molecule has 0 aliphatic heterocycles. The summed E-state index contributed by atoms with van der Waals surface area (Å²) < 4.78 is 0. The Balaban J connectivity index is 2.82. The molecule has 0 saturated carbocycles. The summed E-state index contributed by atoms with van der Waals surface area (Å²) in [6.07, 6.45) is 3.45. The molecule has 1 atom stereocenters. The van der Waals surface area contributed by atoms with Crippen LogP contribution in [0.4, 0.5) is 11.6 Å². The van der Waals surface area contributed by atoms with E-state index in [2.05, 4.69) is 41.4 Å². The van der Waals surface area contributed by atoms with Gasteiger partial charge in [0.1, 0.15) is 18.0 Å². The maximum atomic E-state index is 9.03. The number of anilines is 2. The van der Waals surface area contributed by atoms with E-state index in [4.69, 9.17) is 5.11 Å². The molecule has 0 bridgehead atoms. The fourth-order valence-electron chi connectivity index (χ4n) is 2.16. The lowest BCUT2D eigenvalue weighted by Gasteiger charge is -2.19. The van der Waals surface area contributed by atoms with Crippen LogP contribution in [0.1, 0.15) is 45.1 Å². The van der Waals surface area contributed by atoms with Crippen molar-refractivity contribution >= 4 is 11.6 Å². The third kappa shape index (κ3) is 4.35. The lowest BCUT2D eigenvalue weighted by Crippen LogP contribution is -2.17. The average molecular weight is 266 g/mol. The van der Waals surface area contributed by atoms with Crippen molar-refractivity contribution < 1.29 is 5.11 Å². The van der Waals surface area contributed by atoms with Gasteiger partial charge >= 0.3 is 0 Å². The highest BCUT2D eigenvalue weighted by Crippen LogP contribution is 2.28. The van der Waals surface area contributed by atoms with Gasteiger partial charge in [0, 0.05) is 25.8 Å². The first-order valence-electron chi connectivity index (χ1n) is 7.01. The number of aliphatic hydroxyl groups is 1. The predicted octanol–water partition coefficient (Wildman–Crippen LogP) is 2.46. The quantitative estimate of drug-likeness (QED) is 0.674. The van der Waals surface area contributed by atoms with Crippen LogP contribution in [0.15, 0.2) is 6.33 Å². The minimum Gasteiger partial charge on any atom is -0.396 e. The monoisotopic (exact) mass is 266 g/mol. The van der Waals surface area contributed by atoms with Gasteiger partial charge in [-0.2, -0.15) is 0 Å². The van der Waals surface area contributed by atoms with E-state index in [1.54, 1.807) is 6.33 Å². The fourth-order valence-corrected chi connectivity index (χ4v) is 2.16. The van der Waals surface area contributed by atoms with Gasteiger partial charge in [0.2, 0.25) is 0 Å². The Morgan fingerprint density at radius 2 is 1.95 bits per heavy atom. The molecule has 1 heterocycles. The summed E-state index contributed by atoms with van der Waals surface area (Å²) in [6, 6.07) is 0. The summed E-state index contributed by atoms with van der Waals surface area (Å²) >= 11 is 0. The lowest BCUT2D eigenvalue weighted by molar-refractivity contribution is 0.258. The number of aliphatic hydroxyl groups excluding tert-OH is 1. The Labute approximate surface area is 115 Å². The first-order valence-corrected chi connectivity index (χ1v) is 7.01. The highest BCUT2D eigenvalue weighted by molar-refractivity contribution is 5.58. The summed E-state index contributed by atoms with van der Waals surface area (Å²) in [5.41, 5.74) is 1.11. The molecule has 0 aliphatic rings. The van der Waals surface area contributed by atoms with Crippen LogP contribution in [0.5, 0.6) is 0 Å². The smallest absolute Gasteiger partial charge is 0.134 e. The van der Waals surface area contributed by atoms with Crippen LogP contribution >= 0.6 is 0 Å². The third-order valence-electron chi connectivity index (χ3n) is 3.37. The maximum absolute atomic E-state index is 9.03. The molecule has 0 radical (unpaired) electrons. The van der Waals surface area contributed by atoms with Crippen molar-refractivity contribution in [2.75, 3.05) is 30.8 Å². The van der Waals surface area contributed by atoms with Crippen LogP contribution < -0.4 is 10.6 Å². The molecular weight excluding hydrogens is 240 g/mol. The number of nitrogens with one attached hydrogen (secondary N) is 2. The molecule has 0 spiro atoms. The molecule has 1 aromatic heterocycles. The van der Waals surface area contributed by atoms with E-state index in [1.807, 2.05) is 7.05 Å². The molecular formula is C14H26N4O. The second kappa shape index (κ2) is 7.94. The average Bonchev–Trinajstić information content (AvgIpc) is 2.42. The normalized spacial score (nSPS) is 12.5. The number of hydrogen-bond acceptors (Lipinski definition) is 5. The molecule has 0 aromatic carbocycles. The SMILES string of the molecule is CCC(CCO)CNc1ncnc(NC)c1C(C)C. The second-order valence-corrected chi connectivity index (χ2v) is 5.06. The summed E-state index contributed by atoms with van der Waals surface area (Å²) in [5, 5.41) is 15.5. The zero-order chi connectivity index (χ0) is 14.3. The van der Waals surface area contributed by atoms with E-state index >= 15 is 0 Å². The molecule has 5 heteroatoms. The van der Waals surface area contributed by atoms with Gasteiger partial charge in [0.15, 0.2) is 0 Å². The summed E-state index contributed by atoms with van der Waals surface area (Å²) in [4.78, 5) is 8.61. The van der Waals surface area contributed by atoms with Crippen LogP contribution in [0, 0.1) is 5.92 Å². The number of hydrogen-bond donors (Lipinski definition) is 3. The molecule has 19 heavy (non-hydrogen) atoms. The van der Waals surface area contributed by atoms with Crippen molar-refractivity contribution in [3.63, 3.8) is 0 Å². The fraction of sp³-hybridized carbons (Fsp3) is 0.714. The zero-order valence-electron chi connectivity index (χ0n) is 12.4. The van der Waals surface area contributed by atoms with Gasteiger partial charge in [-0.15, -0.1) is 0 Å². The minimum atomic E-state index is 0.239. The highest BCUT2D eigenvalue weighted by Gasteiger charge is 2.15. The summed E-state index contributed by atoms with van der Waals surface area (Å²) in [6.45, 7) is 7.48. The third-order valence-corrected chi connectivity index (χ3v) is 3.37. The summed E-state index contributed by atoms with van der Waals surface area (Å²) in [5.74, 6) is 2.59. The molecule has 0 saturated heterocycles.